The second-order valence-corrected chi connectivity index (χ2v) is 5.11. The van der Waals surface area contributed by atoms with Gasteiger partial charge in [-0.3, -0.25) is 4.79 Å². The average molecular weight is 294 g/mol. The summed E-state index contributed by atoms with van der Waals surface area (Å²) in [6.07, 6.45) is 4.88. The van der Waals surface area contributed by atoms with Crippen LogP contribution in [0.1, 0.15) is 35.3 Å². The Kier molecular flexibility index (Phi) is 3.87. The van der Waals surface area contributed by atoms with Gasteiger partial charge in [-0.05, 0) is 30.0 Å². The van der Waals surface area contributed by atoms with Crippen molar-refractivity contribution in [2.24, 2.45) is 0 Å². The number of anilines is 1. The SMILES string of the molecule is CCc1cccc(CC)c1NC(=O)c1cnc2nc[nH]c2c1. The zero-order valence-electron chi connectivity index (χ0n) is 12.7. The van der Waals surface area contributed by atoms with Gasteiger partial charge in [0.2, 0.25) is 0 Å². The Hall–Kier alpha value is -2.69. The van der Waals surface area contributed by atoms with Crippen molar-refractivity contribution >= 4 is 22.8 Å². The van der Waals surface area contributed by atoms with Crippen molar-refractivity contribution in [2.45, 2.75) is 26.7 Å². The minimum absolute atomic E-state index is 0.153. The van der Waals surface area contributed by atoms with Gasteiger partial charge in [0.15, 0.2) is 5.65 Å². The number of hydrogen-bond acceptors (Lipinski definition) is 3. The normalized spacial score (nSPS) is 10.8. The monoisotopic (exact) mass is 294 g/mol. The Morgan fingerprint density at radius 2 is 1.91 bits per heavy atom. The van der Waals surface area contributed by atoms with Gasteiger partial charge < -0.3 is 10.3 Å². The number of aromatic nitrogens is 3. The average Bonchev–Trinajstić information content (AvgIpc) is 3.02. The first-order chi connectivity index (χ1) is 10.7. The zero-order chi connectivity index (χ0) is 15.5. The molecule has 1 aromatic carbocycles. The van der Waals surface area contributed by atoms with Crippen LogP contribution in [0.3, 0.4) is 0 Å². The molecule has 5 nitrogen and oxygen atoms in total. The van der Waals surface area contributed by atoms with Crippen LogP contribution in [0.25, 0.3) is 11.2 Å². The first-order valence-corrected chi connectivity index (χ1v) is 7.44. The number of nitrogens with one attached hydrogen (secondary N) is 2. The van der Waals surface area contributed by atoms with Gasteiger partial charge in [0.05, 0.1) is 17.4 Å². The van der Waals surface area contributed by atoms with Crippen LogP contribution in [0.15, 0.2) is 36.8 Å². The van der Waals surface area contributed by atoms with E-state index in [1.807, 2.05) is 18.2 Å². The molecule has 1 amide bonds. The molecule has 0 radical (unpaired) electrons. The number of carbonyl (C=O) groups excluding carboxylic acids is 1. The summed E-state index contributed by atoms with van der Waals surface area (Å²) < 4.78 is 0. The van der Waals surface area contributed by atoms with Gasteiger partial charge in [0.1, 0.15) is 0 Å². The molecule has 0 aliphatic rings. The number of hydrogen-bond donors (Lipinski definition) is 2. The number of rotatable bonds is 4. The van der Waals surface area contributed by atoms with Crippen LogP contribution in [0.2, 0.25) is 0 Å². The summed E-state index contributed by atoms with van der Waals surface area (Å²) in [4.78, 5) is 23.7. The van der Waals surface area contributed by atoms with E-state index in [2.05, 4.69) is 34.1 Å². The number of pyridine rings is 1. The fourth-order valence-corrected chi connectivity index (χ4v) is 2.54. The van der Waals surface area contributed by atoms with Crippen LogP contribution in [0, 0.1) is 0 Å². The fourth-order valence-electron chi connectivity index (χ4n) is 2.54. The number of aromatic amines is 1. The number of fused-ring (bicyclic) bond motifs is 1. The van der Waals surface area contributed by atoms with E-state index in [4.69, 9.17) is 0 Å². The molecular formula is C17H18N4O. The molecule has 0 unspecified atom stereocenters. The lowest BCUT2D eigenvalue weighted by Gasteiger charge is -2.14. The standard InChI is InChI=1S/C17H18N4O/c1-3-11-6-5-7-12(4-2)15(11)21-17(22)13-8-14-16(18-9-13)20-10-19-14/h5-10H,3-4H2,1-2H3,(H,21,22)(H,18,19,20). The molecule has 0 spiro atoms. The molecule has 0 saturated heterocycles. The fraction of sp³-hybridized carbons (Fsp3) is 0.235. The number of para-hydroxylation sites is 1. The number of imidazole rings is 1. The predicted octanol–water partition coefficient (Wildman–Crippen LogP) is 3.34. The molecule has 3 aromatic rings. The van der Waals surface area contributed by atoms with E-state index in [-0.39, 0.29) is 5.91 Å². The molecule has 2 aromatic heterocycles. The summed E-state index contributed by atoms with van der Waals surface area (Å²) in [6, 6.07) is 7.90. The molecule has 0 fully saturated rings. The van der Waals surface area contributed by atoms with Gasteiger partial charge in [0, 0.05) is 11.9 Å². The van der Waals surface area contributed by atoms with E-state index in [0.717, 1.165) is 35.2 Å². The van der Waals surface area contributed by atoms with Crippen molar-refractivity contribution in [1.29, 1.82) is 0 Å². The third kappa shape index (κ3) is 2.57. The third-order valence-corrected chi connectivity index (χ3v) is 3.77. The number of H-pyrrole nitrogens is 1. The smallest absolute Gasteiger partial charge is 0.257 e. The quantitative estimate of drug-likeness (QED) is 0.775. The topological polar surface area (TPSA) is 70.7 Å². The van der Waals surface area contributed by atoms with Gasteiger partial charge in [-0.1, -0.05) is 32.0 Å². The first-order valence-electron chi connectivity index (χ1n) is 7.44. The van der Waals surface area contributed by atoms with Crippen molar-refractivity contribution in [2.75, 3.05) is 5.32 Å². The molecule has 3 rings (SSSR count). The van der Waals surface area contributed by atoms with Crippen molar-refractivity contribution in [3.8, 4) is 0 Å². The second-order valence-electron chi connectivity index (χ2n) is 5.11. The van der Waals surface area contributed by atoms with E-state index in [9.17, 15) is 4.79 Å². The Bertz CT molecular complexity index is 800. The maximum absolute atomic E-state index is 12.5. The van der Waals surface area contributed by atoms with Gasteiger partial charge in [-0.25, -0.2) is 9.97 Å². The van der Waals surface area contributed by atoms with Crippen LogP contribution >= 0.6 is 0 Å². The summed E-state index contributed by atoms with van der Waals surface area (Å²) in [5.74, 6) is -0.153. The molecule has 2 heterocycles. The Morgan fingerprint density at radius 3 is 2.59 bits per heavy atom. The lowest BCUT2D eigenvalue weighted by Crippen LogP contribution is -2.15. The summed E-state index contributed by atoms with van der Waals surface area (Å²) in [7, 11) is 0. The number of nitrogens with zero attached hydrogens (tertiary/aromatic N) is 2. The maximum Gasteiger partial charge on any atom is 0.257 e. The molecule has 0 bridgehead atoms. The maximum atomic E-state index is 12.5. The minimum Gasteiger partial charge on any atom is -0.343 e. The third-order valence-electron chi connectivity index (χ3n) is 3.77. The van der Waals surface area contributed by atoms with Crippen molar-refractivity contribution < 1.29 is 4.79 Å². The van der Waals surface area contributed by atoms with Crippen molar-refractivity contribution in [3.63, 3.8) is 0 Å². The summed E-state index contributed by atoms with van der Waals surface area (Å²) >= 11 is 0. The lowest BCUT2D eigenvalue weighted by molar-refractivity contribution is 0.102. The van der Waals surface area contributed by atoms with Crippen molar-refractivity contribution in [1.82, 2.24) is 15.0 Å². The molecule has 0 aliphatic carbocycles. The molecule has 5 heteroatoms. The summed E-state index contributed by atoms with van der Waals surface area (Å²) in [5, 5.41) is 3.04. The van der Waals surface area contributed by atoms with E-state index >= 15 is 0 Å². The Labute approximate surface area is 128 Å². The van der Waals surface area contributed by atoms with Gasteiger partial charge in [-0.2, -0.15) is 0 Å². The highest BCUT2D eigenvalue weighted by molar-refractivity contribution is 6.06. The number of benzene rings is 1. The largest absolute Gasteiger partial charge is 0.343 e. The number of aryl methyl sites for hydroxylation is 2. The minimum atomic E-state index is -0.153. The molecule has 2 N–H and O–H groups in total. The van der Waals surface area contributed by atoms with Crippen molar-refractivity contribution in [3.05, 3.63) is 53.5 Å². The molecule has 112 valence electrons. The highest BCUT2D eigenvalue weighted by Gasteiger charge is 2.13. The summed E-state index contributed by atoms with van der Waals surface area (Å²) in [6.45, 7) is 4.17. The number of carbonyl (C=O) groups is 1. The van der Waals surface area contributed by atoms with E-state index < -0.39 is 0 Å². The number of amides is 1. The first kappa shape index (κ1) is 14.3. The molecule has 22 heavy (non-hydrogen) atoms. The van der Waals surface area contributed by atoms with Crippen LogP contribution in [-0.4, -0.2) is 20.9 Å². The van der Waals surface area contributed by atoms with Crippen LogP contribution in [0.4, 0.5) is 5.69 Å². The summed E-state index contributed by atoms with van der Waals surface area (Å²) in [5.41, 5.74) is 5.09. The zero-order valence-corrected chi connectivity index (χ0v) is 12.7. The van der Waals surface area contributed by atoms with Gasteiger partial charge in [-0.15, -0.1) is 0 Å². The lowest BCUT2D eigenvalue weighted by atomic mass is 10.0. The van der Waals surface area contributed by atoms with Gasteiger partial charge >= 0.3 is 0 Å². The second kappa shape index (κ2) is 5.97. The highest BCUT2D eigenvalue weighted by Crippen LogP contribution is 2.23. The van der Waals surface area contributed by atoms with E-state index in [0.29, 0.717) is 11.2 Å². The van der Waals surface area contributed by atoms with Gasteiger partial charge in [0.25, 0.3) is 5.91 Å². The highest BCUT2D eigenvalue weighted by atomic mass is 16.1. The molecule has 0 aliphatic heterocycles. The Morgan fingerprint density at radius 1 is 1.18 bits per heavy atom. The Balaban J connectivity index is 1.93. The van der Waals surface area contributed by atoms with Crippen LogP contribution in [0.5, 0.6) is 0 Å². The van der Waals surface area contributed by atoms with E-state index in [1.54, 1.807) is 18.6 Å². The molecule has 0 saturated carbocycles. The predicted molar refractivity (Wildman–Crippen MR) is 87.0 cm³/mol. The van der Waals surface area contributed by atoms with Crippen LogP contribution < -0.4 is 5.32 Å². The van der Waals surface area contributed by atoms with Crippen LogP contribution in [-0.2, 0) is 12.8 Å². The molecular weight excluding hydrogens is 276 g/mol. The van der Waals surface area contributed by atoms with E-state index in [1.165, 1.54) is 0 Å². The molecule has 0 atom stereocenters.